The first kappa shape index (κ1) is 20.0. The lowest BCUT2D eigenvalue weighted by Gasteiger charge is -2.35. The molecule has 2 heterocycles. The van der Waals surface area contributed by atoms with Crippen LogP contribution < -0.4 is 16.7 Å². The number of hydrogen-bond donors (Lipinski definition) is 4. The number of rotatable bonds is 2. The summed E-state index contributed by atoms with van der Waals surface area (Å²) in [5.41, 5.74) is 11.2. The molecule has 3 rings (SSSR count). The highest BCUT2D eigenvalue weighted by Crippen LogP contribution is 2.37. The number of carbonyl (C=O) groups is 1. The Kier molecular flexibility index (Phi) is 5.26. The van der Waals surface area contributed by atoms with Crippen LogP contribution in [0.1, 0.15) is 29.3 Å². The van der Waals surface area contributed by atoms with Gasteiger partial charge in [-0.25, -0.2) is 5.01 Å². The van der Waals surface area contributed by atoms with Crippen LogP contribution in [0.4, 0.5) is 13.2 Å². The van der Waals surface area contributed by atoms with Gasteiger partial charge in [-0.05, 0) is 31.3 Å². The third-order valence-corrected chi connectivity index (χ3v) is 4.98. The second-order valence-electron chi connectivity index (χ2n) is 6.39. The van der Waals surface area contributed by atoms with E-state index in [-0.39, 0.29) is 24.0 Å². The molecule has 1 aromatic rings. The first-order valence-electron chi connectivity index (χ1n) is 8.32. The van der Waals surface area contributed by atoms with E-state index in [4.69, 9.17) is 22.7 Å². The maximum absolute atomic E-state index is 13.1. The Labute approximate surface area is 164 Å². The Balaban J connectivity index is 1.88. The molecule has 5 N–H and O–H groups in total. The summed E-state index contributed by atoms with van der Waals surface area (Å²) in [5, 5.41) is 8.86. The summed E-state index contributed by atoms with van der Waals surface area (Å²) >= 11 is 5.90. The molecule has 1 aromatic carbocycles. The molecule has 0 bridgehead atoms. The maximum atomic E-state index is 13.1. The third kappa shape index (κ3) is 3.52. The minimum Gasteiger partial charge on any atom is -0.404 e. The van der Waals surface area contributed by atoms with Gasteiger partial charge < -0.3 is 16.1 Å². The Morgan fingerprint density at radius 2 is 2.14 bits per heavy atom. The number of carbonyl (C=O) groups excluding carboxylic acids is 1. The van der Waals surface area contributed by atoms with Crippen molar-refractivity contribution in [2.45, 2.75) is 25.6 Å². The molecular formula is C17H18ClF3N6O. The number of nitrogens with zero attached hydrogens (tertiary/aromatic N) is 2. The predicted octanol–water partition coefficient (Wildman–Crippen LogP) is 2.58. The number of hydrogen-bond acceptors (Lipinski definition) is 5. The number of amides is 1. The minimum absolute atomic E-state index is 0.105. The smallest absolute Gasteiger partial charge is 0.404 e. The van der Waals surface area contributed by atoms with Gasteiger partial charge in [-0.2, -0.15) is 13.2 Å². The molecular weight excluding hydrogens is 397 g/mol. The van der Waals surface area contributed by atoms with E-state index < -0.39 is 22.7 Å². The van der Waals surface area contributed by atoms with E-state index in [1.165, 1.54) is 34.3 Å². The number of amidine groups is 1. The third-order valence-electron chi connectivity index (χ3n) is 4.58. The van der Waals surface area contributed by atoms with E-state index in [2.05, 4.69) is 11.0 Å². The van der Waals surface area contributed by atoms with Crippen molar-refractivity contribution in [2.75, 3.05) is 6.54 Å². The molecule has 0 aliphatic carbocycles. The lowest BCUT2D eigenvalue weighted by molar-refractivity contribution is -0.137. The normalized spacial score (nSPS) is 19.8. The lowest BCUT2D eigenvalue weighted by Crippen LogP contribution is -2.45. The zero-order valence-corrected chi connectivity index (χ0v) is 15.5. The van der Waals surface area contributed by atoms with Crippen LogP contribution in [0.3, 0.4) is 0 Å². The number of nitrogens with one attached hydrogen (secondary N) is 3. The van der Waals surface area contributed by atoms with Gasteiger partial charge in [0.15, 0.2) is 0 Å². The number of alkyl halides is 3. The first-order valence-corrected chi connectivity index (χ1v) is 8.70. The van der Waals surface area contributed by atoms with Crippen molar-refractivity contribution < 1.29 is 18.0 Å². The summed E-state index contributed by atoms with van der Waals surface area (Å²) in [5.74, 6) is -0.486. The molecule has 28 heavy (non-hydrogen) atoms. The lowest BCUT2D eigenvalue weighted by atomic mass is 10.0. The van der Waals surface area contributed by atoms with Gasteiger partial charge in [0.2, 0.25) is 0 Å². The van der Waals surface area contributed by atoms with Crippen LogP contribution >= 0.6 is 11.6 Å². The molecule has 1 unspecified atom stereocenters. The van der Waals surface area contributed by atoms with Gasteiger partial charge >= 0.3 is 6.18 Å². The molecule has 11 heteroatoms. The second-order valence-corrected chi connectivity index (χ2v) is 6.77. The summed E-state index contributed by atoms with van der Waals surface area (Å²) in [6, 6.07) is 2.97. The number of hydrazine groups is 2. The van der Waals surface area contributed by atoms with E-state index in [0.717, 1.165) is 11.8 Å². The second kappa shape index (κ2) is 7.36. The summed E-state index contributed by atoms with van der Waals surface area (Å²) in [6.07, 6.45) is -1.63. The van der Waals surface area contributed by atoms with Crippen LogP contribution in [0.5, 0.6) is 0 Å². The molecule has 0 fully saturated rings. The Morgan fingerprint density at radius 3 is 2.79 bits per heavy atom. The number of nitrogens with two attached hydrogens (primary N) is 1. The number of halogens is 4. The summed E-state index contributed by atoms with van der Waals surface area (Å²) in [4.78, 5) is 14.4. The van der Waals surface area contributed by atoms with Crippen LogP contribution in [0, 0.1) is 5.41 Å². The maximum Gasteiger partial charge on any atom is 0.417 e. The highest BCUT2D eigenvalue weighted by molar-refractivity contribution is 6.34. The van der Waals surface area contributed by atoms with E-state index >= 15 is 0 Å². The minimum atomic E-state index is -4.65. The van der Waals surface area contributed by atoms with Gasteiger partial charge in [0, 0.05) is 12.5 Å². The molecule has 150 valence electrons. The van der Waals surface area contributed by atoms with Crippen molar-refractivity contribution in [3.05, 3.63) is 58.0 Å². The monoisotopic (exact) mass is 414 g/mol. The molecule has 2 aliphatic heterocycles. The number of benzene rings is 1. The van der Waals surface area contributed by atoms with Crippen molar-refractivity contribution in [1.82, 2.24) is 20.9 Å². The molecule has 0 aromatic heterocycles. The van der Waals surface area contributed by atoms with Crippen LogP contribution in [0.15, 0.2) is 41.9 Å². The van der Waals surface area contributed by atoms with Crippen molar-refractivity contribution in [3.8, 4) is 0 Å². The molecule has 7 nitrogen and oxygen atoms in total. The zero-order valence-electron chi connectivity index (χ0n) is 14.8. The average Bonchev–Trinajstić information content (AvgIpc) is 3.02. The Hall–Kier alpha value is -2.72. The van der Waals surface area contributed by atoms with E-state index in [9.17, 15) is 18.0 Å². The molecule has 0 spiro atoms. The molecule has 0 saturated carbocycles. The Bertz CT molecular complexity index is 882. The van der Waals surface area contributed by atoms with Gasteiger partial charge in [0.1, 0.15) is 5.84 Å². The Morgan fingerprint density at radius 1 is 1.43 bits per heavy atom. The fourth-order valence-electron chi connectivity index (χ4n) is 3.17. The summed E-state index contributed by atoms with van der Waals surface area (Å²) < 4.78 is 39.3. The quantitative estimate of drug-likeness (QED) is 0.440. The van der Waals surface area contributed by atoms with Gasteiger partial charge in [0.25, 0.3) is 5.91 Å². The highest BCUT2D eigenvalue weighted by atomic mass is 35.5. The highest BCUT2D eigenvalue weighted by Gasteiger charge is 2.38. The van der Waals surface area contributed by atoms with Gasteiger partial charge in [-0.1, -0.05) is 17.7 Å². The van der Waals surface area contributed by atoms with Crippen molar-refractivity contribution in [2.24, 2.45) is 5.73 Å². The van der Waals surface area contributed by atoms with Crippen molar-refractivity contribution >= 4 is 23.3 Å². The van der Waals surface area contributed by atoms with Gasteiger partial charge in [-0.3, -0.25) is 10.2 Å². The zero-order chi connectivity index (χ0) is 20.6. The predicted molar refractivity (Wildman–Crippen MR) is 97.8 cm³/mol. The molecule has 0 saturated heterocycles. The fourth-order valence-corrected chi connectivity index (χ4v) is 3.49. The van der Waals surface area contributed by atoms with Crippen molar-refractivity contribution in [3.63, 3.8) is 0 Å². The summed E-state index contributed by atoms with van der Waals surface area (Å²) in [6.45, 7) is 1.91. The molecule has 1 atom stereocenters. The molecule has 2 aliphatic rings. The van der Waals surface area contributed by atoms with Crippen LogP contribution in [-0.4, -0.2) is 34.2 Å². The fraction of sp³-hybridized carbons (Fsp3) is 0.294. The largest absolute Gasteiger partial charge is 0.417 e. The average molecular weight is 415 g/mol. The molecule has 1 amide bonds. The summed E-state index contributed by atoms with van der Waals surface area (Å²) in [7, 11) is 0. The van der Waals surface area contributed by atoms with Crippen molar-refractivity contribution in [1.29, 1.82) is 5.41 Å². The molecule has 0 radical (unpaired) electrons. The topological polar surface area (TPSA) is 97.5 Å². The van der Waals surface area contributed by atoms with E-state index in [1.807, 2.05) is 0 Å². The van der Waals surface area contributed by atoms with Crippen LogP contribution in [0.2, 0.25) is 5.02 Å². The standard InChI is InChI=1S/C17H18ClF3N6O/c1-9-7-13-12(24-25-27(13)14(23)5-6-22)8-26(9)16(28)10-3-2-4-11(15(10)18)17(19,20)21/h2-6,9,23-25H,7-8,22H2,1H3. The van der Waals surface area contributed by atoms with E-state index in [1.54, 1.807) is 6.92 Å². The van der Waals surface area contributed by atoms with Gasteiger partial charge in [-0.15, -0.1) is 5.53 Å². The van der Waals surface area contributed by atoms with Gasteiger partial charge in [0.05, 0.1) is 34.1 Å². The van der Waals surface area contributed by atoms with E-state index in [0.29, 0.717) is 12.1 Å². The van der Waals surface area contributed by atoms with Crippen LogP contribution in [-0.2, 0) is 6.18 Å². The first-order chi connectivity index (χ1) is 13.1. The van der Waals surface area contributed by atoms with Crippen LogP contribution in [0.25, 0.3) is 0 Å². The SMILES string of the molecule is CC1CC2=C(CN1C(=O)c1cccc(C(F)(F)F)c1Cl)NNN2C(=N)C=CN.